The van der Waals surface area contributed by atoms with E-state index in [1.54, 1.807) is 35.2 Å². The van der Waals surface area contributed by atoms with E-state index >= 15 is 0 Å². The Labute approximate surface area is 150 Å². The third kappa shape index (κ3) is 3.44. The monoisotopic (exact) mass is 356 g/mol. The zero-order chi connectivity index (χ0) is 18.7. The average Bonchev–Trinajstić information content (AvgIpc) is 3.17. The summed E-state index contributed by atoms with van der Waals surface area (Å²) in [6.07, 6.45) is 2.65. The van der Waals surface area contributed by atoms with Crippen molar-refractivity contribution in [2.24, 2.45) is 5.73 Å². The summed E-state index contributed by atoms with van der Waals surface area (Å²) in [5.74, 6) is -1.20. The van der Waals surface area contributed by atoms with Gasteiger partial charge in [0, 0.05) is 12.1 Å². The molecule has 1 unspecified atom stereocenters. The molecule has 0 radical (unpaired) electrons. The normalized spacial score (nSPS) is 17.0. The van der Waals surface area contributed by atoms with Crippen molar-refractivity contribution in [3.05, 3.63) is 52.8 Å². The predicted octanol–water partition coefficient (Wildman–Crippen LogP) is 1.66. The fourth-order valence-corrected chi connectivity index (χ4v) is 3.16. The highest BCUT2D eigenvalue weighted by atomic mass is 16.5. The van der Waals surface area contributed by atoms with Crippen LogP contribution in [0.4, 0.5) is 0 Å². The molecule has 0 saturated carbocycles. The number of ether oxygens (including phenoxy) is 1. The van der Waals surface area contributed by atoms with E-state index in [9.17, 15) is 14.4 Å². The molecule has 8 nitrogen and oxygen atoms in total. The number of benzene rings is 1. The third-order valence-corrected chi connectivity index (χ3v) is 4.53. The molecule has 2 aromatic rings. The number of carbonyl (C=O) groups is 3. The van der Waals surface area contributed by atoms with Gasteiger partial charge in [0.25, 0.3) is 11.8 Å². The number of H-pyrrole nitrogens is 1. The number of rotatable bonds is 4. The fourth-order valence-electron chi connectivity index (χ4n) is 3.16. The minimum atomic E-state index is -0.611. The Balaban J connectivity index is 1.83. The highest BCUT2D eigenvalue weighted by Gasteiger charge is 2.30. The molecule has 1 aliphatic rings. The van der Waals surface area contributed by atoms with Gasteiger partial charge in [-0.25, -0.2) is 4.79 Å². The van der Waals surface area contributed by atoms with Gasteiger partial charge in [0.05, 0.1) is 24.4 Å². The van der Waals surface area contributed by atoms with Crippen molar-refractivity contribution in [2.45, 2.75) is 25.3 Å². The van der Waals surface area contributed by atoms with Crippen molar-refractivity contribution in [2.75, 3.05) is 13.7 Å². The summed E-state index contributed by atoms with van der Waals surface area (Å²) in [6.45, 7) is 0.604. The Morgan fingerprint density at radius 3 is 2.50 bits per heavy atom. The number of primary amides is 1. The molecule has 2 heterocycles. The molecule has 1 aliphatic heterocycles. The van der Waals surface area contributed by atoms with Crippen molar-refractivity contribution in [3.8, 4) is 0 Å². The van der Waals surface area contributed by atoms with Crippen LogP contribution in [0.25, 0.3) is 0 Å². The molecule has 2 amide bonds. The smallest absolute Gasteiger partial charge is 0.337 e. The number of piperidine rings is 1. The van der Waals surface area contributed by atoms with Crippen LogP contribution in [0.15, 0.2) is 30.3 Å². The maximum Gasteiger partial charge on any atom is 0.337 e. The van der Waals surface area contributed by atoms with E-state index in [1.807, 2.05) is 0 Å². The second kappa shape index (κ2) is 7.38. The molecule has 1 aromatic carbocycles. The minimum absolute atomic E-state index is 0.138. The van der Waals surface area contributed by atoms with Crippen LogP contribution in [0.3, 0.4) is 0 Å². The number of likely N-dealkylation sites (tertiary alicyclic amines) is 1. The number of carbonyl (C=O) groups excluding carboxylic acids is 3. The number of esters is 1. The number of hydrogen-bond acceptors (Lipinski definition) is 5. The number of amides is 2. The Hall–Kier alpha value is -3.16. The van der Waals surface area contributed by atoms with Crippen LogP contribution in [0.2, 0.25) is 0 Å². The Morgan fingerprint density at radius 2 is 1.88 bits per heavy atom. The second-order valence-electron chi connectivity index (χ2n) is 6.15. The summed E-state index contributed by atoms with van der Waals surface area (Å²) in [7, 11) is 1.31. The quantitative estimate of drug-likeness (QED) is 0.808. The number of aromatic nitrogens is 2. The van der Waals surface area contributed by atoms with Gasteiger partial charge in [0.2, 0.25) is 0 Å². The SMILES string of the molecule is COC(=O)c1ccc(C(=O)N2CCCCC2c2cc(C(N)=O)n[nH]2)cc1. The van der Waals surface area contributed by atoms with Gasteiger partial charge in [-0.3, -0.25) is 14.7 Å². The summed E-state index contributed by atoms with van der Waals surface area (Å²) in [6, 6.07) is 7.76. The number of hydrogen-bond donors (Lipinski definition) is 2. The predicted molar refractivity (Wildman–Crippen MR) is 92.5 cm³/mol. The summed E-state index contributed by atoms with van der Waals surface area (Å²) in [5, 5.41) is 6.73. The standard InChI is InChI=1S/C18H20N4O4/c1-26-18(25)12-7-5-11(6-8-12)17(24)22-9-3-2-4-15(22)13-10-14(16(19)23)21-20-13/h5-8,10,15H,2-4,9H2,1H3,(H2,19,23)(H,20,21). The molecule has 3 N–H and O–H groups in total. The molecule has 0 aliphatic carbocycles. The highest BCUT2D eigenvalue weighted by Crippen LogP contribution is 2.31. The zero-order valence-electron chi connectivity index (χ0n) is 14.4. The number of aromatic amines is 1. The number of nitrogens with two attached hydrogens (primary N) is 1. The first-order chi connectivity index (χ1) is 12.5. The Kier molecular flexibility index (Phi) is 5.01. The number of nitrogens with one attached hydrogen (secondary N) is 1. The lowest BCUT2D eigenvalue weighted by molar-refractivity contribution is 0.0590. The van der Waals surface area contributed by atoms with Crippen LogP contribution < -0.4 is 5.73 Å². The Bertz CT molecular complexity index is 828. The van der Waals surface area contributed by atoms with Crippen molar-refractivity contribution in [3.63, 3.8) is 0 Å². The van der Waals surface area contributed by atoms with Gasteiger partial charge >= 0.3 is 5.97 Å². The van der Waals surface area contributed by atoms with Crippen LogP contribution in [-0.2, 0) is 4.74 Å². The van der Waals surface area contributed by atoms with Crippen molar-refractivity contribution >= 4 is 17.8 Å². The van der Waals surface area contributed by atoms with Gasteiger partial charge in [-0.15, -0.1) is 0 Å². The fraction of sp³-hybridized carbons (Fsp3) is 0.333. The van der Waals surface area contributed by atoms with Gasteiger partial charge in [-0.05, 0) is 49.6 Å². The molecule has 1 saturated heterocycles. The third-order valence-electron chi connectivity index (χ3n) is 4.53. The molecule has 1 aromatic heterocycles. The molecule has 0 spiro atoms. The van der Waals surface area contributed by atoms with Gasteiger partial charge in [-0.1, -0.05) is 0 Å². The van der Waals surface area contributed by atoms with Crippen LogP contribution >= 0.6 is 0 Å². The summed E-state index contributed by atoms with van der Waals surface area (Å²) in [4.78, 5) is 37.5. The molecular formula is C18H20N4O4. The van der Waals surface area contributed by atoms with Crippen LogP contribution in [0.5, 0.6) is 0 Å². The summed E-state index contributed by atoms with van der Waals surface area (Å²) >= 11 is 0. The van der Waals surface area contributed by atoms with Gasteiger partial charge < -0.3 is 15.4 Å². The average molecular weight is 356 g/mol. The number of methoxy groups -OCH3 is 1. The van der Waals surface area contributed by atoms with E-state index in [4.69, 9.17) is 5.73 Å². The minimum Gasteiger partial charge on any atom is -0.465 e. The van der Waals surface area contributed by atoms with E-state index in [1.165, 1.54) is 7.11 Å². The number of nitrogens with zero attached hydrogens (tertiary/aromatic N) is 2. The first kappa shape index (κ1) is 17.7. The first-order valence-electron chi connectivity index (χ1n) is 8.35. The highest BCUT2D eigenvalue weighted by molar-refractivity contribution is 5.96. The summed E-state index contributed by atoms with van der Waals surface area (Å²) < 4.78 is 4.67. The molecule has 1 atom stereocenters. The second-order valence-corrected chi connectivity index (χ2v) is 6.15. The van der Waals surface area contributed by atoms with Gasteiger partial charge in [0.1, 0.15) is 5.69 Å². The maximum atomic E-state index is 13.0. The van der Waals surface area contributed by atoms with Crippen molar-refractivity contribution in [1.82, 2.24) is 15.1 Å². The lowest BCUT2D eigenvalue weighted by Crippen LogP contribution is -2.38. The van der Waals surface area contributed by atoms with Gasteiger partial charge in [-0.2, -0.15) is 5.10 Å². The molecule has 136 valence electrons. The topological polar surface area (TPSA) is 118 Å². The largest absolute Gasteiger partial charge is 0.465 e. The maximum absolute atomic E-state index is 13.0. The molecular weight excluding hydrogens is 336 g/mol. The van der Waals surface area contributed by atoms with Crippen LogP contribution in [0, 0.1) is 0 Å². The van der Waals surface area contributed by atoms with E-state index in [0.717, 1.165) is 19.3 Å². The van der Waals surface area contributed by atoms with Crippen LogP contribution in [-0.4, -0.2) is 46.5 Å². The zero-order valence-corrected chi connectivity index (χ0v) is 14.4. The van der Waals surface area contributed by atoms with E-state index in [2.05, 4.69) is 14.9 Å². The molecule has 26 heavy (non-hydrogen) atoms. The van der Waals surface area contributed by atoms with Gasteiger partial charge in [0.15, 0.2) is 0 Å². The first-order valence-corrected chi connectivity index (χ1v) is 8.35. The molecule has 1 fully saturated rings. The molecule has 3 rings (SSSR count). The van der Waals surface area contributed by atoms with E-state index in [0.29, 0.717) is 23.4 Å². The lowest BCUT2D eigenvalue weighted by Gasteiger charge is -2.35. The Morgan fingerprint density at radius 1 is 1.19 bits per heavy atom. The molecule has 0 bridgehead atoms. The summed E-state index contributed by atoms with van der Waals surface area (Å²) in [5.41, 5.74) is 6.97. The lowest BCUT2D eigenvalue weighted by atomic mass is 9.97. The molecule has 8 heteroatoms. The van der Waals surface area contributed by atoms with E-state index < -0.39 is 11.9 Å². The van der Waals surface area contributed by atoms with Crippen molar-refractivity contribution < 1.29 is 19.1 Å². The van der Waals surface area contributed by atoms with Crippen molar-refractivity contribution in [1.29, 1.82) is 0 Å². The van der Waals surface area contributed by atoms with Crippen LogP contribution in [0.1, 0.15) is 62.2 Å². The van der Waals surface area contributed by atoms with E-state index in [-0.39, 0.29) is 17.6 Å².